The Balaban J connectivity index is 2.79. The number of rotatable bonds is 8. The smallest absolute Gasteiger partial charge is 0.0803 e. The largest absolute Gasteiger partial charge is 0.377 e. The molecule has 0 radical (unpaired) electrons. The van der Waals surface area contributed by atoms with Crippen LogP contribution in [0.15, 0.2) is 12.4 Å². The Labute approximate surface area is 111 Å². The van der Waals surface area contributed by atoms with Crippen molar-refractivity contribution < 1.29 is 4.74 Å². The Morgan fingerprint density at radius 3 is 2.61 bits per heavy atom. The summed E-state index contributed by atoms with van der Waals surface area (Å²) in [6.45, 7) is 10.4. The van der Waals surface area contributed by atoms with Crippen molar-refractivity contribution in [3.63, 3.8) is 0 Å². The molecule has 0 aliphatic rings. The number of hydrogen-bond acceptors (Lipinski definition) is 3. The number of aryl methyl sites for hydroxylation is 1. The molecule has 2 atom stereocenters. The van der Waals surface area contributed by atoms with Crippen molar-refractivity contribution in [3.05, 3.63) is 18.0 Å². The van der Waals surface area contributed by atoms with Gasteiger partial charge in [0, 0.05) is 25.9 Å². The van der Waals surface area contributed by atoms with Crippen molar-refractivity contribution in [2.45, 2.75) is 58.7 Å². The molecular formula is C14H27N3O. The molecule has 4 heteroatoms. The maximum absolute atomic E-state index is 5.72. The summed E-state index contributed by atoms with van der Waals surface area (Å²) >= 11 is 0. The van der Waals surface area contributed by atoms with E-state index in [4.69, 9.17) is 4.74 Å². The van der Waals surface area contributed by atoms with Crippen LogP contribution in [0.1, 0.15) is 39.7 Å². The van der Waals surface area contributed by atoms with Crippen LogP contribution in [-0.4, -0.2) is 35.1 Å². The molecule has 0 spiro atoms. The van der Waals surface area contributed by atoms with Crippen LogP contribution in [0.25, 0.3) is 0 Å². The van der Waals surface area contributed by atoms with Gasteiger partial charge in [-0.2, -0.15) is 5.10 Å². The third-order valence-electron chi connectivity index (χ3n) is 3.81. The lowest BCUT2D eigenvalue weighted by Crippen LogP contribution is -2.51. The predicted molar refractivity (Wildman–Crippen MR) is 74.8 cm³/mol. The molecule has 1 aromatic rings. The molecule has 0 saturated heterocycles. The fourth-order valence-corrected chi connectivity index (χ4v) is 2.20. The highest BCUT2D eigenvalue weighted by Crippen LogP contribution is 2.22. The topological polar surface area (TPSA) is 39.1 Å². The Kier molecular flexibility index (Phi) is 5.82. The van der Waals surface area contributed by atoms with Gasteiger partial charge in [-0.05, 0) is 38.8 Å². The number of nitrogens with zero attached hydrogens (tertiary/aromatic N) is 2. The zero-order valence-corrected chi connectivity index (χ0v) is 12.4. The van der Waals surface area contributed by atoms with E-state index in [1.807, 2.05) is 10.9 Å². The fourth-order valence-electron chi connectivity index (χ4n) is 2.20. The number of ether oxygens (including phenoxy) is 1. The van der Waals surface area contributed by atoms with Crippen LogP contribution in [0.5, 0.6) is 0 Å². The minimum Gasteiger partial charge on any atom is -0.377 e. The summed E-state index contributed by atoms with van der Waals surface area (Å²) in [6.07, 6.45) is 6.02. The number of methoxy groups -OCH3 is 1. The van der Waals surface area contributed by atoms with E-state index in [-0.39, 0.29) is 5.60 Å². The summed E-state index contributed by atoms with van der Waals surface area (Å²) in [5.74, 6) is 0. The Bertz CT molecular complexity index is 345. The first-order valence-electron chi connectivity index (χ1n) is 6.89. The van der Waals surface area contributed by atoms with Crippen molar-refractivity contribution in [2.24, 2.45) is 0 Å². The molecule has 0 saturated carbocycles. The second-order valence-corrected chi connectivity index (χ2v) is 4.89. The van der Waals surface area contributed by atoms with E-state index in [1.54, 1.807) is 7.11 Å². The van der Waals surface area contributed by atoms with E-state index in [1.165, 1.54) is 5.56 Å². The monoisotopic (exact) mass is 253 g/mol. The third-order valence-corrected chi connectivity index (χ3v) is 3.81. The maximum atomic E-state index is 5.72. The molecule has 0 aromatic carbocycles. The quantitative estimate of drug-likeness (QED) is 0.772. The Morgan fingerprint density at radius 1 is 1.44 bits per heavy atom. The molecule has 0 fully saturated rings. The van der Waals surface area contributed by atoms with Gasteiger partial charge in [-0.25, -0.2) is 0 Å². The van der Waals surface area contributed by atoms with E-state index in [0.29, 0.717) is 6.04 Å². The maximum Gasteiger partial charge on any atom is 0.0803 e. The zero-order valence-electron chi connectivity index (χ0n) is 12.4. The van der Waals surface area contributed by atoms with Crippen molar-refractivity contribution in [3.8, 4) is 0 Å². The molecule has 1 N–H and O–H groups in total. The molecule has 0 amide bonds. The molecule has 4 nitrogen and oxygen atoms in total. The van der Waals surface area contributed by atoms with Gasteiger partial charge in [0.25, 0.3) is 0 Å². The second-order valence-electron chi connectivity index (χ2n) is 4.89. The lowest BCUT2D eigenvalue weighted by atomic mass is 9.89. The standard InChI is InChI=1S/C14H27N3O/c1-6-14(4,18-5)13(15-7-2)9-12-10-16-17(8-3)11-12/h10-11,13,15H,6-9H2,1-5H3. The summed E-state index contributed by atoms with van der Waals surface area (Å²) < 4.78 is 7.68. The van der Waals surface area contributed by atoms with Crippen molar-refractivity contribution in [1.82, 2.24) is 15.1 Å². The first-order chi connectivity index (χ1) is 8.59. The van der Waals surface area contributed by atoms with Gasteiger partial charge in [-0.3, -0.25) is 4.68 Å². The van der Waals surface area contributed by atoms with Gasteiger partial charge in [-0.15, -0.1) is 0 Å². The number of aromatic nitrogens is 2. The minimum absolute atomic E-state index is 0.135. The molecule has 18 heavy (non-hydrogen) atoms. The number of nitrogens with one attached hydrogen (secondary N) is 1. The van der Waals surface area contributed by atoms with E-state index in [0.717, 1.165) is 25.9 Å². The van der Waals surface area contributed by atoms with E-state index >= 15 is 0 Å². The fraction of sp³-hybridized carbons (Fsp3) is 0.786. The molecule has 1 rings (SSSR count). The van der Waals surface area contributed by atoms with E-state index in [2.05, 4.69) is 44.3 Å². The van der Waals surface area contributed by atoms with Crippen LogP contribution in [0.2, 0.25) is 0 Å². The number of hydrogen-bond donors (Lipinski definition) is 1. The van der Waals surface area contributed by atoms with Gasteiger partial charge in [0.15, 0.2) is 0 Å². The van der Waals surface area contributed by atoms with Crippen molar-refractivity contribution in [1.29, 1.82) is 0 Å². The summed E-state index contributed by atoms with van der Waals surface area (Å²) in [6, 6.07) is 0.312. The first-order valence-corrected chi connectivity index (χ1v) is 6.89. The highest BCUT2D eigenvalue weighted by Gasteiger charge is 2.32. The third kappa shape index (κ3) is 3.56. The predicted octanol–water partition coefficient (Wildman–Crippen LogP) is 2.24. The van der Waals surface area contributed by atoms with Gasteiger partial charge < -0.3 is 10.1 Å². The molecule has 1 aromatic heterocycles. The molecule has 1 heterocycles. The molecule has 0 aliphatic carbocycles. The lowest BCUT2D eigenvalue weighted by molar-refractivity contribution is -0.0283. The number of likely N-dealkylation sites (N-methyl/N-ethyl adjacent to an activating group) is 1. The van der Waals surface area contributed by atoms with Gasteiger partial charge in [0.2, 0.25) is 0 Å². The highest BCUT2D eigenvalue weighted by atomic mass is 16.5. The van der Waals surface area contributed by atoms with Crippen molar-refractivity contribution in [2.75, 3.05) is 13.7 Å². The Hall–Kier alpha value is -0.870. The normalized spacial score (nSPS) is 16.5. The highest BCUT2D eigenvalue weighted by molar-refractivity contribution is 5.09. The van der Waals surface area contributed by atoms with Crippen LogP contribution in [0, 0.1) is 0 Å². The van der Waals surface area contributed by atoms with Crippen LogP contribution in [-0.2, 0) is 17.7 Å². The SMILES string of the molecule is CCNC(Cc1cnn(CC)c1)C(C)(CC)OC. The average Bonchev–Trinajstić information content (AvgIpc) is 2.85. The van der Waals surface area contributed by atoms with E-state index in [9.17, 15) is 0 Å². The van der Waals surface area contributed by atoms with Gasteiger partial charge in [0.1, 0.15) is 0 Å². The molecule has 2 unspecified atom stereocenters. The summed E-state index contributed by atoms with van der Waals surface area (Å²) in [5.41, 5.74) is 1.13. The molecular weight excluding hydrogens is 226 g/mol. The van der Waals surface area contributed by atoms with Crippen molar-refractivity contribution >= 4 is 0 Å². The summed E-state index contributed by atoms with van der Waals surface area (Å²) in [5, 5.41) is 7.87. The molecule has 0 bridgehead atoms. The molecule has 104 valence electrons. The van der Waals surface area contributed by atoms with Crippen LogP contribution in [0.3, 0.4) is 0 Å². The average molecular weight is 253 g/mol. The Morgan fingerprint density at radius 2 is 2.17 bits per heavy atom. The second kappa shape index (κ2) is 6.90. The van der Waals surface area contributed by atoms with Crippen LogP contribution in [0.4, 0.5) is 0 Å². The molecule has 0 aliphatic heterocycles. The van der Waals surface area contributed by atoms with Crippen LogP contribution < -0.4 is 5.32 Å². The summed E-state index contributed by atoms with van der Waals surface area (Å²) in [4.78, 5) is 0. The van der Waals surface area contributed by atoms with E-state index < -0.39 is 0 Å². The summed E-state index contributed by atoms with van der Waals surface area (Å²) in [7, 11) is 1.79. The van der Waals surface area contributed by atoms with Crippen LogP contribution >= 0.6 is 0 Å². The minimum atomic E-state index is -0.135. The lowest BCUT2D eigenvalue weighted by Gasteiger charge is -2.36. The first kappa shape index (κ1) is 15.2. The van der Waals surface area contributed by atoms with Gasteiger partial charge in [-0.1, -0.05) is 13.8 Å². The zero-order chi connectivity index (χ0) is 13.6. The van der Waals surface area contributed by atoms with Gasteiger partial charge in [0.05, 0.1) is 11.8 Å². The van der Waals surface area contributed by atoms with Gasteiger partial charge >= 0.3 is 0 Å².